The van der Waals surface area contributed by atoms with Crippen LogP contribution in [0.2, 0.25) is 0 Å². The van der Waals surface area contributed by atoms with Gasteiger partial charge in [0.25, 0.3) is 0 Å². The predicted molar refractivity (Wildman–Crippen MR) is 90.2 cm³/mol. The van der Waals surface area contributed by atoms with Crippen LogP contribution in [-0.2, 0) is 6.61 Å². The lowest BCUT2D eigenvalue weighted by molar-refractivity contribution is 0.275. The number of aliphatic hydroxyl groups excluding tert-OH is 1. The van der Waals surface area contributed by atoms with Crippen molar-refractivity contribution in [2.75, 3.05) is 0 Å². The van der Waals surface area contributed by atoms with Crippen LogP contribution >= 0.6 is 43.6 Å². The molecule has 2 N–H and O–H groups in total. The van der Waals surface area contributed by atoms with Crippen LogP contribution in [-0.4, -0.2) is 10.1 Å². The Kier molecular flexibility index (Phi) is 4.21. The molecule has 3 aromatic rings. The molecule has 5 heteroatoms. The average molecular weight is 413 g/mol. The van der Waals surface area contributed by atoms with Crippen LogP contribution < -0.4 is 0 Å². The molecule has 0 bridgehead atoms. The van der Waals surface area contributed by atoms with Crippen molar-refractivity contribution in [3.05, 3.63) is 57.1 Å². The summed E-state index contributed by atoms with van der Waals surface area (Å²) in [6.45, 7) is -0.000908. The first-order chi connectivity index (χ1) is 9.69. The summed E-state index contributed by atoms with van der Waals surface area (Å²) in [5, 5.41) is 10.7. The lowest BCUT2D eigenvalue weighted by Crippen LogP contribution is -1.85. The van der Waals surface area contributed by atoms with Gasteiger partial charge in [0.2, 0.25) is 0 Å². The third kappa shape index (κ3) is 2.68. The molecule has 0 radical (unpaired) electrons. The zero-order valence-corrected chi connectivity index (χ0v) is 14.3. The van der Waals surface area contributed by atoms with Crippen molar-refractivity contribution >= 4 is 54.5 Å². The maximum atomic E-state index is 9.57. The number of hydrogen-bond donors (Lipinski definition) is 2. The molecule has 3 rings (SSSR count). The summed E-state index contributed by atoms with van der Waals surface area (Å²) in [6.07, 6.45) is 0. The Morgan fingerprint density at radius 1 is 1.10 bits per heavy atom. The van der Waals surface area contributed by atoms with E-state index in [9.17, 15) is 5.11 Å². The third-order valence-electron chi connectivity index (χ3n) is 2.99. The summed E-state index contributed by atoms with van der Waals surface area (Å²) < 4.78 is 2.08. The van der Waals surface area contributed by atoms with Gasteiger partial charge in [-0.1, -0.05) is 39.8 Å². The largest absolute Gasteiger partial charge is 0.390 e. The van der Waals surface area contributed by atoms with Gasteiger partial charge in [0.15, 0.2) is 0 Å². The van der Waals surface area contributed by atoms with Crippen molar-refractivity contribution in [3.63, 3.8) is 0 Å². The Hall–Kier alpha value is -0.750. The van der Waals surface area contributed by atoms with Gasteiger partial charge in [0.1, 0.15) is 0 Å². The van der Waals surface area contributed by atoms with E-state index in [1.165, 1.54) is 0 Å². The SMILES string of the molecule is OCc1[nH]c2ccc(Br)cc2c1Sc1ccccc1Br. The normalized spacial score (nSPS) is 11.2. The Labute approximate surface area is 137 Å². The first-order valence-corrected chi connectivity index (χ1v) is 8.42. The van der Waals surface area contributed by atoms with Gasteiger partial charge >= 0.3 is 0 Å². The number of nitrogens with one attached hydrogen (secondary N) is 1. The van der Waals surface area contributed by atoms with Crippen molar-refractivity contribution in [2.45, 2.75) is 16.4 Å². The van der Waals surface area contributed by atoms with E-state index in [-0.39, 0.29) is 6.61 Å². The minimum atomic E-state index is -0.000908. The second-order valence-corrected chi connectivity index (χ2v) is 7.14. The molecule has 0 atom stereocenters. The monoisotopic (exact) mass is 411 g/mol. The summed E-state index contributed by atoms with van der Waals surface area (Å²) in [4.78, 5) is 5.47. The fraction of sp³-hybridized carbons (Fsp3) is 0.0667. The first-order valence-electron chi connectivity index (χ1n) is 6.02. The van der Waals surface area contributed by atoms with Crippen molar-refractivity contribution in [2.24, 2.45) is 0 Å². The van der Waals surface area contributed by atoms with Crippen molar-refractivity contribution in [1.82, 2.24) is 4.98 Å². The van der Waals surface area contributed by atoms with Crippen LogP contribution in [0.1, 0.15) is 5.69 Å². The van der Waals surface area contributed by atoms with Gasteiger partial charge in [-0.05, 0) is 46.3 Å². The number of benzene rings is 2. The Balaban J connectivity index is 2.14. The number of H-pyrrole nitrogens is 1. The van der Waals surface area contributed by atoms with Gasteiger partial charge in [-0.3, -0.25) is 0 Å². The second kappa shape index (κ2) is 5.93. The van der Waals surface area contributed by atoms with Gasteiger partial charge < -0.3 is 10.1 Å². The standard InChI is InChI=1S/C15H11Br2NOS/c16-9-5-6-12-10(7-9)15(13(8-19)18-12)20-14-4-2-1-3-11(14)17/h1-7,18-19H,8H2. The molecule has 102 valence electrons. The smallest absolute Gasteiger partial charge is 0.0842 e. The predicted octanol–water partition coefficient (Wildman–Crippen LogP) is 5.34. The zero-order valence-electron chi connectivity index (χ0n) is 10.4. The summed E-state index contributed by atoms with van der Waals surface area (Å²) >= 11 is 8.72. The number of aromatic amines is 1. The van der Waals surface area contributed by atoms with Crippen LogP contribution in [0.5, 0.6) is 0 Å². The molecule has 1 heterocycles. The highest BCUT2D eigenvalue weighted by molar-refractivity contribution is 9.10. The average Bonchev–Trinajstić information content (AvgIpc) is 2.79. The Morgan fingerprint density at radius 3 is 2.65 bits per heavy atom. The summed E-state index contributed by atoms with van der Waals surface area (Å²) in [7, 11) is 0. The number of halogens is 2. The molecule has 1 aromatic heterocycles. The van der Waals surface area contributed by atoms with E-state index in [1.807, 2.05) is 30.3 Å². The molecular formula is C15H11Br2NOS. The second-order valence-electron chi connectivity index (χ2n) is 4.31. The van der Waals surface area contributed by atoms with Gasteiger partial charge in [-0.25, -0.2) is 0 Å². The van der Waals surface area contributed by atoms with E-state index < -0.39 is 0 Å². The summed E-state index contributed by atoms with van der Waals surface area (Å²) in [6, 6.07) is 14.2. The molecule has 2 nitrogen and oxygen atoms in total. The van der Waals surface area contributed by atoms with E-state index in [0.29, 0.717) is 0 Å². The first kappa shape index (κ1) is 14.2. The van der Waals surface area contributed by atoms with E-state index in [4.69, 9.17) is 0 Å². The van der Waals surface area contributed by atoms with Crippen molar-refractivity contribution in [3.8, 4) is 0 Å². The van der Waals surface area contributed by atoms with E-state index in [2.05, 4.69) is 49.0 Å². The maximum Gasteiger partial charge on any atom is 0.0842 e. The minimum Gasteiger partial charge on any atom is -0.390 e. The topological polar surface area (TPSA) is 36.0 Å². The number of rotatable bonds is 3. The molecule has 20 heavy (non-hydrogen) atoms. The highest BCUT2D eigenvalue weighted by Crippen LogP contribution is 2.40. The van der Waals surface area contributed by atoms with E-state index >= 15 is 0 Å². The van der Waals surface area contributed by atoms with Crippen LogP contribution in [0.25, 0.3) is 10.9 Å². The lowest BCUT2D eigenvalue weighted by Gasteiger charge is -2.05. The van der Waals surface area contributed by atoms with Crippen LogP contribution in [0, 0.1) is 0 Å². The molecule has 0 aliphatic carbocycles. The van der Waals surface area contributed by atoms with Gasteiger partial charge in [0.05, 0.1) is 12.3 Å². The fourth-order valence-electron chi connectivity index (χ4n) is 2.06. The quantitative estimate of drug-likeness (QED) is 0.609. The molecule has 0 amide bonds. The Bertz CT molecular complexity index is 770. The Morgan fingerprint density at radius 2 is 1.90 bits per heavy atom. The lowest BCUT2D eigenvalue weighted by atomic mass is 10.2. The van der Waals surface area contributed by atoms with Gasteiger partial charge in [-0.15, -0.1) is 0 Å². The zero-order chi connectivity index (χ0) is 14.1. The third-order valence-corrected chi connectivity index (χ3v) is 5.69. The number of aromatic nitrogens is 1. The molecule has 0 unspecified atom stereocenters. The maximum absolute atomic E-state index is 9.57. The van der Waals surface area contributed by atoms with Crippen LogP contribution in [0.15, 0.2) is 61.2 Å². The molecule has 2 aromatic carbocycles. The number of fused-ring (bicyclic) bond motifs is 1. The number of aliphatic hydroxyl groups is 1. The minimum absolute atomic E-state index is 0.000908. The van der Waals surface area contributed by atoms with Gasteiger partial charge in [-0.2, -0.15) is 0 Å². The molecule has 0 aliphatic rings. The molecular weight excluding hydrogens is 402 g/mol. The summed E-state index contributed by atoms with van der Waals surface area (Å²) in [5.74, 6) is 0. The molecule has 0 fully saturated rings. The summed E-state index contributed by atoms with van der Waals surface area (Å²) in [5.41, 5.74) is 1.88. The van der Waals surface area contributed by atoms with Crippen LogP contribution in [0.4, 0.5) is 0 Å². The van der Waals surface area contributed by atoms with Crippen molar-refractivity contribution < 1.29 is 5.11 Å². The molecule has 0 aliphatic heterocycles. The van der Waals surface area contributed by atoms with Gasteiger partial charge in [0, 0.05) is 29.6 Å². The van der Waals surface area contributed by atoms with Crippen LogP contribution in [0.3, 0.4) is 0 Å². The number of hydrogen-bond acceptors (Lipinski definition) is 2. The van der Waals surface area contributed by atoms with Crippen molar-refractivity contribution in [1.29, 1.82) is 0 Å². The fourth-order valence-corrected chi connectivity index (χ4v) is 4.00. The highest BCUT2D eigenvalue weighted by atomic mass is 79.9. The van der Waals surface area contributed by atoms with E-state index in [0.717, 1.165) is 35.3 Å². The van der Waals surface area contributed by atoms with E-state index in [1.54, 1.807) is 11.8 Å². The molecule has 0 saturated carbocycles. The molecule has 0 spiro atoms. The molecule has 0 saturated heterocycles. The highest BCUT2D eigenvalue weighted by Gasteiger charge is 2.13.